The molecule has 0 radical (unpaired) electrons. The highest BCUT2D eigenvalue weighted by Gasteiger charge is 2.65. The Labute approximate surface area is 331 Å². The number of carbonyl (C=O) groups excluding carboxylic acids is 1. The topological polar surface area (TPSA) is 134 Å². The minimum atomic E-state index is -1.36. The van der Waals surface area contributed by atoms with Crippen LogP contribution in [0.2, 0.25) is 0 Å². The number of aliphatic hydroxyl groups excluding tert-OH is 2. The van der Waals surface area contributed by atoms with E-state index >= 15 is 0 Å². The van der Waals surface area contributed by atoms with Gasteiger partial charge in [0.1, 0.15) is 29.9 Å². The molecule has 3 aromatic rings. The van der Waals surface area contributed by atoms with Gasteiger partial charge in [0.15, 0.2) is 0 Å². The number of nitrogens with zero attached hydrogens (tertiary/aromatic N) is 3. The molecular weight excluding hydrogens is 707 g/mol. The monoisotopic (exact) mass is 761 g/mol. The van der Waals surface area contributed by atoms with E-state index in [1.165, 1.54) is 5.56 Å². The van der Waals surface area contributed by atoms with E-state index in [9.17, 15) is 20.3 Å². The van der Waals surface area contributed by atoms with Gasteiger partial charge < -0.3 is 34.2 Å². The molecule has 3 aliphatic rings. The first-order valence-electron chi connectivity index (χ1n) is 19.9. The Morgan fingerprint density at radius 1 is 1.02 bits per heavy atom. The Balaban J connectivity index is 1.56. The first kappa shape index (κ1) is 40.7. The van der Waals surface area contributed by atoms with Gasteiger partial charge in [-0.15, -0.1) is 6.58 Å². The maximum absolute atomic E-state index is 14.4. The van der Waals surface area contributed by atoms with Crippen molar-refractivity contribution >= 4 is 11.6 Å². The maximum atomic E-state index is 14.4. The van der Waals surface area contributed by atoms with Crippen LogP contribution in [0, 0.1) is 42.9 Å². The number of rotatable bonds is 17. The molecule has 0 spiro atoms. The van der Waals surface area contributed by atoms with E-state index in [4.69, 9.17) is 24.2 Å². The lowest BCUT2D eigenvalue weighted by molar-refractivity contribution is -0.252. The molecule has 1 fully saturated rings. The van der Waals surface area contributed by atoms with Crippen molar-refractivity contribution < 1.29 is 34.1 Å². The number of likely N-dealkylation sites (N-methyl/N-ethyl adjacent to an activating group) is 1. The third-order valence-corrected chi connectivity index (χ3v) is 11.7. The Morgan fingerprint density at radius 2 is 1.73 bits per heavy atom. The number of aliphatic hydroxyl groups is 2. The standard InChI is InChI=1S/C46H55N3O7/c1-6-24-53-46-42(49(5)45(52)33-17-15-32(29-47)16-18-33)28-40(48-54-7-2)38-26-34(12-8-10-22-50)37(13-9-11-23-51)43(44(38)46)39-27-36(20-21-41(39)56-46)55-35-19-14-30(3)31(4)25-35/h6,14-21,25-27,34,37,42-44,50-51H,1,7-13,22-24,28H2,2-5H3. The molecule has 10 nitrogen and oxygen atoms in total. The molecule has 6 atom stereocenters. The summed E-state index contributed by atoms with van der Waals surface area (Å²) in [5.74, 6) is 0.0849. The van der Waals surface area contributed by atoms with Gasteiger partial charge in [-0.2, -0.15) is 5.26 Å². The minimum absolute atomic E-state index is 0.0897. The van der Waals surface area contributed by atoms with Gasteiger partial charge in [0.05, 0.1) is 29.9 Å². The number of amides is 1. The van der Waals surface area contributed by atoms with Crippen molar-refractivity contribution in [2.75, 3.05) is 33.5 Å². The van der Waals surface area contributed by atoms with Crippen LogP contribution in [-0.4, -0.2) is 72.0 Å². The highest BCUT2D eigenvalue weighted by atomic mass is 16.7. The molecule has 2 N–H and O–H groups in total. The highest BCUT2D eigenvalue weighted by Crippen LogP contribution is 2.62. The average Bonchev–Trinajstić information content (AvgIpc) is 3.21. The van der Waals surface area contributed by atoms with Crippen LogP contribution in [0.5, 0.6) is 17.2 Å². The number of benzene rings is 3. The zero-order chi connectivity index (χ0) is 39.8. The van der Waals surface area contributed by atoms with Crippen LogP contribution in [0.4, 0.5) is 0 Å². The lowest BCUT2D eigenvalue weighted by Gasteiger charge is -2.59. The summed E-state index contributed by atoms with van der Waals surface area (Å²) in [6, 6.07) is 20.1. The lowest BCUT2D eigenvalue weighted by Crippen LogP contribution is -2.69. The van der Waals surface area contributed by atoms with Crippen LogP contribution in [0.1, 0.15) is 90.4 Å². The minimum Gasteiger partial charge on any atom is -0.459 e. The number of ether oxygens (including phenoxy) is 3. The van der Waals surface area contributed by atoms with Crippen molar-refractivity contribution in [1.29, 1.82) is 5.26 Å². The van der Waals surface area contributed by atoms with E-state index in [0.29, 0.717) is 48.5 Å². The molecule has 296 valence electrons. The first-order valence-corrected chi connectivity index (χ1v) is 19.9. The summed E-state index contributed by atoms with van der Waals surface area (Å²) in [5, 5.41) is 33.8. The summed E-state index contributed by atoms with van der Waals surface area (Å²) in [6.45, 7) is 10.8. The van der Waals surface area contributed by atoms with E-state index in [2.05, 4.69) is 44.7 Å². The number of aryl methyl sites for hydroxylation is 2. The van der Waals surface area contributed by atoms with Crippen molar-refractivity contribution in [2.24, 2.45) is 22.9 Å². The molecule has 0 aromatic heterocycles. The third kappa shape index (κ3) is 8.27. The van der Waals surface area contributed by atoms with Crippen LogP contribution < -0.4 is 9.47 Å². The van der Waals surface area contributed by atoms with Crippen LogP contribution in [0.15, 0.2) is 90.1 Å². The quantitative estimate of drug-likeness (QED) is 0.0796. The van der Waals surface area contributed by atoms with Gasteiger partial charge in [0, 0.05) is 43.7 Å². The van der Waals surface area contributed by atoms with E-state index < -0.39 is 17.7 Å². The number of unbranched alkanes of at least 4 members (excludes halogenated alkanes) is 2. The highest BCUT2D eigenvalue weighted by molar-refractivity contribution is 6.03. The molecule has 6 rings (SSSR count). The van der Waals surface area contributed by atoms with E-state index in [1.54, 1.807) is 42.3 Å². The maximum Gasteiger partial charge on any atom is 0.254 e. The largest absolute Gasteiger partial charge is 0.459 e. The molecule has 1 heterocycles. The fraction of sp³-hybridized carbons (Fsp3) is 0.457. The zero-order valence-corrected chi connectivity index (χ0v) is 33.1. The summed E-state index contributed by atoms with van der Waals surface area (Å²) in [4.78, 5) is 21.9. The van der Waals surface area contributed by atoms with Gasteiger partial charge in [-0.25, -0.2) is 0 Å². The van der Waals surface area contributed by atoms with Crippen LogP contribution in [0.3, 0.4) is 0 Å². The molecule has 2 aliphatic carbocycles. The van der Waals surface area contributed by atoms with Gasteiger partial charge in [-0.1, -0.05) is 36.2 Å². The Bertz CT molecular complexity index is 1970. The molecule has 1 aliphatic heterocycles. The third-order valence-electron chi connectivity index (χ3n) is 11.7. The predicted molar refractivity (Wildman–Crippen MR) is 216 cm³/mol. The SMILES string of the molecule is C=CCOC12Oc3ccc(Oc4ccc(C)c(C)c4)cc3C3C(CCCCO)C(CCCCO)C=C(C(=NOCC)CC1N(C)C(=O)c1ccc(C#N)cc1)C32. The Morgan fingerprint density at radius 3 is 2.41 bits per heavy atom. The smallest absolute Gasteiger partial charge is 0.254 e. The number of hydrogen-bond acceptors (Lipinski definition) is 9. The second-order valence-corrected chi connectivity index (χ2v) is 15.1. The zero-order valence-electron chi connectivity index (χ0n) is 33.1. The first-order chi connectivity index (χ1) is 27.2. The van der Waals surface area contributed by atoms with Crippen LogP contribution >= 0.6 is 0 Å². The van der Waals surface area contributed by atoms with E-state index in [-0.39, 0.29) is 43.5 Å². The Kier molecular flexibility index (Phi) is 13.3. The van der Waals surface area contributed by atoms with Gasteiger partial charge >= 0.3 is 0 Å². The molecule has 1 amide bonds. The number of nitriles is 1. The van der Waals surface area contributed by atoms with Crippen molar-refractivity contribution in [3.63, 3.8) is 0 Å². The van der Waals surface area contributed by atoms with Gasteiger partial charge in [0.2, 0.25) is 5.79 Å². The average molecular weight is 762 g/mol. The number of hydrogen-bond donors (Lipinski definition) is 2. The number of carbonyl (C=O) groups is 1. The number of oxime groups is 1. The second-order valence-electron chi connectivity index (χ2n) is 15.1. The molecule has 1 saturated carbocycles. The summed E-state index contributed by atoms with van der Waals surface area (Å²) in [7, 11) is 1.77. The van der Waals surface area contributed by atoms with E-state index in [1.807, 2.05) is 31.2 Å². The van der Waals surface area contributed by atoms with Gasteiger partial charge in [-0.05, 0) is 130 Å². The fourth-order valence-corrected chi connectivity index (χ4v) is 8.88. The summed E-state index contributed by atoms with van der Waals surface area (Å²) in [6.07, 6.45) is 9.05. The van der Waals surface area contributed by atoms with Crippen LogP contribution in [0.25, 0.3) is 0 Å². The normalized spacial score (nSPS) is 24.2. The summed E-state index contributed by atoms with van der Waals surface area (Å²) < 4.78 is 20.7. The fourth-order valence-electron chi connectivity index (χ4n) is 8.88. The summed E-state index contributed by atoms with van der Waals surface area (Å²) in [5.41, 5.74) is 5.92. The van der Waals surface area contributed by atoms with Crippen molar-refractivity contribution in [3.8, 4) is 23.3 Å². The molecule has 0 bridgehead atoms. The van der Waals surface area contributed by atoms with Crippen LogP contribution in [-0.2, 0) is 9.57 Å². The van der Waals surface area contributed by atoms with Gasteiger partial charge in [0.25, 0.3) is 5.91 Å². The van der Waals surface area contributed by atoms with Crippen molar-refractivity contribution in [2.45, 2.75) is 83.5 Å². The number of allylic oxidation sites excluding steroid dienone is 1. The molecular formula is C46H55N3O7. The molecule has 6 unspecified atom stereocenters. The predicted octanol–water partition coefficient (Wildman–Crippen LogP) is 8.39. The van der Waals surface area contributed by atoms with E-state index in [0.717, 1.165) is 53.8 Å². The van der Waals surface area contributed by atoms with Crippen molar-refractivity contribution in [1.82, 2.24) is 4.90 Å². The van der Waals surface area contributed by atoms with Crippen molar-refractivity contribution in [3.05, 3.63) is 113 Å². The molecule has 0 saturated heterocycles. The second kappa shape index (κ2) is 18.3. The van der Waals surface area contributed by atoms with Gasteiger partial charge in [-0.3, -0.25) is 4.79 Å². The molecule has 56 heavy (non-hydrogen) atoms. The molecule has 10 heteroatoms. The summed E-state index contributed by atoms with van der Waals surface area (Å²) >= 11 is 0. The lowest BCUT2D eigenvalue weighted by atomic mass is 9.55. The number of fused-ring (bicyclic) bond motifs is 2. The Hall–Kier alpha value is -4.95. The molecule has 3 aromatic carbocycles.